The van der Waals surface area contributed by atoms with E-state index in [9.17, 15) is 14.9 Å². The van der Waals surface area contributed by atoms with Gasteiger partial charge in [-0.05, 0) is 17.5 Å². The molecule has 6 nitrogen and oxygen atoms in total. The van der Waals surface area contributed by atoms with Crippen LogP contribution in [0.2, 0.25) is 0 Å². The van der Waals surface area contributed by atoms with Gasteiger partial charge in [0, 0.05) is 26.2 Å². The Labute approximate surface area is 154 Å². The van der Waals surface area contributed by atoms with Crippen molar-refractivity contribution in [2.75, 3.05) is 31.1 Å². The number of nitrogens with zero attached hydrogens (tertiary/aromatic N) is 3. The molecule has 0 saturated carbocycles. The van der Waals surface area contributed by atoms with E-state index in [1.54, 1.807) is 11.0 Å². The first-order valence-corrected chi connectivity index (χ1v) is 8.99. The molecule has 0 aliphatic carbocycles. The van der Waals surface area contributed by atoms with Gasteiger partial charge < -0.3 is 14.8 Å². The number of hydrogen-bond acceptors (Lipinski definition) is 6. The Balaban J connectivity index is 1.88. The fraction of sp³-hybridized carbons (Fsp3) is 0.235. The number of aromatic nitrogens is 1. The third-order valence-corrected chi connectivity index (χ3v) is 5.34. The molecule has 1 saturated heterocycles. The Hall–Kier alpha value is -2.50. The van der Waals surface area contributed by atoms with Crippen LogP contribution in [0.4, 0.5) is 5.69 Å². The molecule has 1 amide bonds. The van der Waals surface area contributed by atoms with E-state index in [2.05, 4.69) is 24.2 Å². The lowest BCUT2D eigenvalue weighted by atomic mass is 10.1. The quantitative estimate of drug-likeness (QED) is 0.491. The molecule has 0 bridgehead atoms. The largest absolute Gasteiger partial charge is 0.366 e. The van der Waals surface area contributed by atoms with E-state index in [-0.39, 0.29) is 17.0 Å². The SMILES string of the molecule is C=C/C=C(\S)C(=O)N1CCN(c2c(C#N)c(=O)[nH]c3ccsc23)CC1. The molecule has 0 unspecified atom stereocenters. The van der Waals surface area contributed by atoms with Crippen molar-refractivity contribution in [3.05, 3.63) is 51.0 Å². The highest BCUT2D eigenvalue weighted by molar-refractivity contribution is 7.85. The molecule has 0 atom stereocenters. The first-order chi connectivity index (χ1) is 12.1. The van der Waals surface area contributed by atoms with Gasteiger partial charge in [-0.1, -0.05) is 12.7 Å². The number of rotatable bonds is 3. The Kier molecular flexibility index (Phi) is 4.97. The first kappa shape index (κ1) is 17.3. The van der Waals surface area contributed by atoms with Crippen LogP contribution < -0.4 is 10.5 Å². The molecule has 0 aromatic carbocycles. The van der Waals surface area contributed by atoms with Crippen LogP contribution in [0.25, 0.3) is 10.2 Å². The fourth-order valence-electron chi connectivity index (χ4n) is 2.88. The van der Waals surface area contributed by atoms with Crippen molar-refractivity contribution < 1.29 is 4.79 Å². The monoisotopic (exact) mass is 372 g/mol. The molecule has 25 heavy (non-hydrogen) atoms. The Morgan fingerprint density at radius 2 is 2.12 bits per heavy atom. The number of piperazine rings is 1. The predicted molar refractivity (Wildman–Crippen MR) is 103 cm³/mol. The van der Waals surface area contributed by atoms with Crippen molar-refractivity contribution in [1.82, 2.24) is 9.88 Å². The predicted octanol–water partition coefficient (Wildman–Crippen LogP) is 2.11. The molecule has 0 radical (unpaired) electrons. The van der Waals surface area contributed by atoms with E-state index in [1.165, 1.54) is 17.4 Å². The number of allylic oxidation sites excluding steroid dienone is 2. The summed E-state index contributed by atoms with van der Waals surface area (Å²) in [5.41, 5.74) is 1.13. The number of amides is 1. The molecule has 1 N–H and O–H groups in total. The summed E-state index contributed by atoms with van der Waals surface area (Å²) in [5, 5.41) is 11.3. The summed E-state index contributed by atoms with van der Waals surface area (Å²) in [6.07, 6.45) is 3.09. The van der Waals surface area contributed by atoms with Gasteiger partial charge in [-0.15, -0.1) is 24.0 Å². The maximum absolute atomic E-state index is 12.3. The van der Waals surface area contributed by atoms with Crippen molar-refractivity contribution in [3.63, 3.8) is 0 Å². The lowest BCUT2D eigenvalue weighted by molar-refractivity contribution is -0.126. The number of nitrogens with one attached hydrogen (secondary N) is 1. The van der Waals surface area contributed by atoms with Crippen LogP contribution in [0.1, 0.15) is 5.56 Å². The normalized spacial score (nSPS) is 15.3. The van der Waals surface area contributed by atoms with Gasteiger partial charge in [-0.25, -0.2) is 0 Å². The molecule has 3 heterocycles. The second kappa shape index (κ2) is 7.17. The number of thiol groups is 1. The minimum atomic E-state index is -0.381. The summed E-state index contributed by atoms with van der Waals surface area (Å²) in [6, 6.07) is 3.85. The average molecular weight is 372 g/mol. The number of hydrogen-bond donors (Lipinski definition) is 2. The van der Waals surface area contributed by atoms with Gasteiger partial charge in [0.05, 0.1) is 20.8 Å². The van der Waals surface area contributed by atoms with Crippen LogP contribution in [0, 0.1) is 11.3 Å². The second-order valence-corrected chi connectivity index (χ2v) is 6.92. The second-order valence-electron chi connectivity index (χ2n) is 5.52. The van der Waals surface area contributed by atoms with Gasteiger partial charge in [0.25, 0.3) is 11.5 Å². The van der Waals surface area contributed by atoms with E-state index in [4.69, 9.17) is 0 Å². The van der Waals surface area contributed by atoms with Crippen LogP contribution in [0.15, 0.2) is 39.9 Å². The molecule has 3 rings (SSSR count). The number of pyridine rings is 1. The maximum Gasteiger partial charge on any atom is 0.268 e. The van der Waals surface area contributed by atoms with Crippen LogP contribution in [0.5, 0.6) is 0 Å². The lowest BCUT2D eigenvalue weighted by Crippen LogP contribution is -2.49. The summed E-state index contributed by atoms with van der Waals surface area (Å²) in [5.74, 6) is -0.143. The van der Waals surface area contributed by atoms with Crippen molar-refractivity contribution >= 4 is 45.8 Å². The first-order valence-electron chi connectivity index (χ1n) is 7.66. The van der Waals surface area contributed by atoms with E-state index in [0.29, 0.717) is 36.8 Å². The lowest BCUT2D eigenvalue weighted by Gasteiger charge is -2.36. The van der Waals surface area contributed by atoms with Crippen LogP contribution >= 0.6 is 24.0 Å². The van der Waals surface area contributed by atoms with Crippen molar-refractivity contribution in [2.24, 2.45) is 0 Å². The number of carbonyl (C=O) groups excluding carboxylic acids is 1. The molecule has 2 aromatic heterocycles. The van der Waals surface area contributed by atoms with Gasteiger partial charge >= 0.3 is 0 Å². The number of carbonyl (C=O) groups is 1. The van der Waals surface area contributed by atoms with E-state index in [1.807, 2.05) is 22.4 Å². The molecule has 1 aliphatic heterocycles. The maximum atomic E-state index is 12.3. The van der Waals surface area contributed by atoms with Gasteiger partial charge in [-0.2, -0.15) is 5.26 Å². The number of anilines is 1. The van der Waals surface area contributed by atoms with E-state index < -0.39 is 0 Å². The number of thiophene rings is 1. The molecule has 1 fully saturated rings. The molecule has 1 aliphatic rings. The molecule has 0 spiro atoms. The third-order valence-electron chi connectivity index (χ3n) is 4.08. The zero-order chi connectivity index (χ0) is 18.0. The minimum absolute atomic E-state index is 0.121. The molecular formula is C17H16N4O2S2. The Morgan fingerprint density at radius 1 is 1.40 bits per heavy atom. The zero-order valence-corrected chi connectivity index (χ0v) is 15.1. The van der Waals surface area contributed by atoms with Gasteiger partial charge in [0.1, 0.15) is 11.6 Å². The van der Waals surface area contributed by atoms with Crippen LogP contribution in [-0.2, 0) is 4.79 Å². The Bertz CT molecular complexity index is 959. The number of fused-ring (bicyclic) bond motifs is 1. The minimum Gasteiger partial charge on any atom is -0.366 e. The van der Waals surface area contributed by atoms with Crippen molar-refractivity contribution in [1.29, 1.82) is 5.26 Å². The van der Waals surface area contributed by atoms with Crippen molar-refractivity contribution in [3.8, 4) is 6.07 Å². The standard InChI is InChI=1S/C17H16N4O2S2/c1-2-3-13(24)17(23)21-7-5-20(6-8-21)14-11(10-18)16(22)19-12-4-9-25-15(12)14/h2-4,9,24H,1,5-8H2,(H,19,22)/b13-3-. The van der Waals surface area contributed by atoms with Gasteiger partial charge in [-0.3, -0.25) is 9.59 Å². The highest BCUT2D eigenvalue weighted by atomic mass is 32.1. The zero-order valence-electron chi connectivity index (χ0n) is 13.4. The fourth-order valence-corrected chi connectivity index (χ4v) is 4.06. The number of aromatic amines is 1. The van der Waals surface area contributed by atoms with Crippen molar-refractivity contribution in [2.45, 2.75) is 0 Å². The number of H-pyrrole nitrogens is 1. The third kappa shape index (κ3) is 3.21. The summed E-state index contributed by atoms with van der Waals surface area (Å²) < 4.78 is 0.886. The summed E-state index contributed by atoms with van der Waals surface area (Å²) in [6.45, 7) is 5.66. The highest BCUT2D eigenvalue weighted by Gasteiger charge is 2.26. The average Bonchev–Trinajstić information content (AvgIpc) is 3.08. The Morgan fingerprint density at radius 3 is 2.76 bits per heavy atom. The molecular weight excluding hydrogens is 356 g/mol. The highest BCUT2D eigenvalue weighted by Crippen LogP contribution is 2.32. The topological polar surface area (TPSA) is 80.2 Å². The van der Waals surface area contributed by atoms with Gasteiger partial charge in [0.15, 0.2) is 0 Å². The number of nitriles is 1. The van der Waals surface area contributed by atoms with E-state index in [0.717, 1.165) is 10.2 Å². The smallest absolute Gasteiger partial charge is 0.268 e. The summed E-state index contributed by atoms with van der Waals surface area (Å²) in [7, 11) is 0. The van der Waals surface area contributed by atoms with Gasteiger partial charge in [0.2, 0.25) is 0 Å². The van der Waals surface area contributed by atoms with E-state index >= 15 is 0 Å². The van der Waals surface area contributed by atoms with Crippen LogP contribution in [0.3, 0.4) is 0 Å². The molecule has 128 valence electrons. The summed E-state index contributed by atoms with van der Waals surface area (Å²) >= 11 is 5.68. The molecule has 8 heteroatoms. The van der Waals surface area contributed by atoms with Crippen LogP contribution in [-0.4, -0.2) is 42.0 Å². The summed E-state index contributed by atoms with van der Waals surface area (Å²) in [4.78, 5) is 31.3. The molecule has 2 aromatic rings.